The second-order valence-electron chi connectivity index (χ2n) is 8.43. The van der Waals surface area contributed by atoms with Crippen LogP contribution in [0, 0.1) is 0 Å². The zero-order valence-corrected chi connectivity index (χ0v) is 18.8. The number of anilines is 4. The van der Waals surface area contributed by atoms with Gasteiger partial charge in [-0.3, -0.25) is 5.32 Å². The lowest BCUT2D eigenvalue weighted by molar-refractivity contribution is 0.164. The molecule has 0 bridgehead atoms. The van der Waals surface area contributed by atoms with Gasteiger partial charge in [-0.25, -0.2) is 14.8 Å². The van der Waals surface area contributed by atoms with Crippen molar-refractivity contribution in [2.75, 3.05) is 74.9 Å². The summed E-state index contributed by atoms with van der Waals surface area (Å²) in [5.41, 5.74) is 2.65. The summed E-state index contributed by atoms with van der Waals surface area (Å²) in [6.07, 6.45) is 1.73. The summed E-state index contributed by atoms with van der Waals surface area (Å²) in [4.78, 5) is 32.4. The number of urea groups is 1. The molecule has 172 valence electrons. The topological polar surface area (TPSA) is 102 Å². The van der Waals surface area contributed by atoms with E-state index in [1.165, 1.54) is 5.69 Å². The normalized spacial score (nSPS) is 17.2. The summed E-state index contributed by atoms with van der Waals surface area (Å²) in [5, 5.41) is 10.3. The van der Waals surface area contributed by atoms with Crippen molar-refractivity contribution in [3.63, 3.8) is 0 Å². The molecule has 3 N–H and O–H groups in total. The number of nitrogens with one attached hydrogen (secondary N) is 3. The monoisotopic (exact) mass is 447 g/mol. The lowest BCUT2D eigenvalue weighted by Crippen LogP contribution is -2.48. The molecule has 0 atom stereocenters. The third-order valence-electron chi connectivity index (χ3n) is 6.07. The highest BCUT2D eigenvalue weighted by Crippen LogP contribution is 2.21. The van der Waals surface area contributed by atoms with Crippen molar-refractivity contribution >= 4 is 40.2 Å². The predicted molar refractivity (Wildman–Crippen MR) is 130 cm³/mol. The first-order valence-electron chi connectivity index (χ1n) is 11.3. The van der Waals surface area contributed by atoms with Crippen LogP contribution in [0.15, 0.2) is 42.6 Å². The Hall–Kier alpha value is -3.50. The van der Waals surface area contributed by atoms with Crippen molar-refractivity contribution in [2.24, 2.45) is 0 Å². The highest BCUT2D eigenvalue weighted by atomic mass is 16.2. The van der Waals surface area contributed by atoms with E-state index in [-0.39, 0.29) is 6.03 Å². The largest absolute Gasteiger partial charge is 0.369 e. The number of hydrogen-bond acceptors (Lipinski definition) is 8. The van der Waals surface area contributed by atoms with E-state index in [1.54, 1.807) is 12.3 Å². The molecule has 0 aliphatic carbocycles. The second kappa shape index (κ2) is 9.55. The van der Waals surface area contributed by atoms with Gasteiger partial charge in [-0.2, -0.15) is 4.98 Å². The van der Waals surface area contributed by atoms with Gasteiger partial charge in [0, 0.05) is 75.3 Å². The molecule has 10 heteroatoms. The van der Waals surface area contributed by atoms with E-state index in [2.05, 4.69) is 59.9 Å². The van der Waals surface area contributed by atoms with Gasteiger partial charge in [0.25, 0.3) is 0 Å². The highest BCUT2D eigenvalue weighted by molar-refractivity contribution is 5.90. The molecule has 2 fully saturated rings. The molecule has 4 heterocycles. The second-order valence-corrected chi connectivity index (χ2v) is 8.43. The fraction of sp³-hybridized carbons (Fsp3) is 0.391. The zero-order chi connectivity index (χ0) is 22.6. The van der Waals surface area contributed by atoms with Crippen molar-refractivity contribution in [2.45, 2.75) is 0 Å². The van der Waals surface area contributed by atoms with Crippen molar-refractivity contribution in [1.82, 2.24) is 30.1 Å². The molecule has 5 rings (SSSR count). The Bertz CT molecular complexity index is 1110. The number of fused-ring (bicyclic) bond motifs is 1. The number of aromatic nitrogens is 3. The molecule has 2 amide bonds. The van der Waals surface area contributed by atoms with Crippen LogP contribution in [0.4, 0.5) is 27.9 Å². The van der Waals surface area contributed by atoms with Crippen molar-refractivity contribution in [3.05, 3.63) is 42.6 Å². The van der Waals surface area contributed by atoms with E-state index in [1.807, 2.05) is 23.1 Å². The first-order chi connectivity index (χ1) is 16.1. The maximum atomic E-state index is 12.6. The smallest absolute Gasteiger partial charge is 0.323 e. The van der Waals surface area contributed by atoms with Crippen LogP contribution >= 0.6 is 0 Å². The molecule has 33 heavy (non-hydrogen) atoms. The number of piperazine rings is 2. The number of carbonyl (C=O) groups excluding carboxylic acids is 1. The number of nitrogens with zero attached hydrogens (tertiary/aromatic N) is 6. The van der Waals surface area contributed by atoms with Gasteiger partial charge >= 0.3 is 6.03 Å². The molecule has 2 saturated heterocycles. The van der Waals surface area contributed by atoms with Crippen molar-refractivity contribution in [3.8, 4) is 0 Å². The Morgan fingerprint density at radius 1 is 0.939 bits per heavy atom. The Kier molecular flexibility index (Phi) is 6.18. The lowest BCUT2D eigenvalue weighted by atomic mass is 10.2. The summed E-state index contributed by atoms with van der Waals surface area (Å²) < 4.78 is 0. The molecular weight excluding hydrogens is 418 g/mol. The van der Waals surface area contributed by atoms with Gasteiger partial charge in [0.1, 0.15) is 5.82 Å². The van der Waals surface area contributed by atoms with E-state index in [0.29, 0.717) is 30.5 Å². The molecule has 2 aliphatic heterocycles. The van der Waals surface area contributed by atoms with E-state index >= 15 is 0 Å². The van der Waals surface area contributed by atoms with Crippen LogP contribution in [-0.4, -0.2) is 90.2 Å². The van der Waals surface area contributed by atoms with E-state index in [9.17, 15) is 4.79 Å². The Morgan fingerprint density at radius 3 is 2.45 bits per heavy atom. The highest BCUT2D eigenvalue weighted by Gasteiger charge is 2.19. The van der Waals surface area contributed by atoms with Gasteiger partial charge < -0.3 is 25.3 Å². The van der Waals surface area contributed by atoms with E-state index in [0.717, 1.165) is 50.3 Å². The molecule has 0 saturated carbocycles. The number of benzene rings is 1. The van der Waals surface area contributed by atoms with Gasteiger partial charge in [-0.15, -0.1) is 0 Å². The summed E-state index contributed by atoms with van der Waals surface area (Å²) in [5.74, 6) is 0.948. The van der Waals surface area contributed by atoms with Crippen LogP contribution < -0.4 is 20.9 Å². The molecule has 0 spiro atoms. The van der Waals surface area contributed by atoms with E-state index < -0.39 is 0 Å². The van der Waals surface area contributed by atoms with Gasteiger partial charge in [0.15, 0.2) is 5.65 Å². The molecule has 0 radical (unpaired) electrons. The van der Waals surface area contributed by atoms with Crippen molar-refractivity contribution in [1.29, 1.82) is 0 Å². The summed E-state index contributed by atoms with van der Waals surface area (Å²) in [6.45, 7) is 7.21. The predicted octanol–water partition coefficient (Wildman–Crippen LogP) is 1.96. The van der Waals surface area contributed by atoms with Crippen molar-refractivity contribution < 1.29 is 4.79 Å². The maximum absolute atomic E-state index is 12.6. The maximum Gasteiger partial charge on any atom is 0.323 e. The molecule has 1 aromatic carbocycles. The number of hydrogen-bond donors (Lipinski definition) is 3. The molecule has 3 aromatic rings. The van der Waals surface area contributed by atoms with Gasteiger partial charge in [0.2, 0.25) is 5.95 Å². The molecule has 2 aromatic heterocycles. The molecular formula is C23H29N9O. The quantitative estimate of drug-likeness (QED) is 0.558. The van der Waals surface area contributed by atoms with Crippen LogP contribution in [-0.2, 0) is 0 Å². The first kappa shape index (κ1) is 21.4. The number of pyridine rings is 1. The number of carbonyl (C=O) groups is 1. The summed E-state index contributed by atoms with van der Waals surface area (Å²) in [6, 6.07) is 11.8. The van der Waals surface area contributed by atoms with Crippen LogP contribution in [0.5, 0.6) is 0 Å². The average Bonchev–Trinajstić information content (AvgIpc) is 2.85. The number of rotatable bonds is 4. The first-order valence-corrected chi connectivity index (χ1v) is 11.3. The minimum atomic E-state index is -0.132. The summed E-state index contributed by atoms with van der Waals surface area (Å²) >= 11 is 0. The minimum absolute atomic E-state index is 0.132. The Morgan fingerprint density at radius 2 is 1.70 bits per heavy atom. The Labute approximate surface area is 193 Å². The fourth-order valence-electron chi connectivity index (χ4n) is 4.05. The summed E-state index contributed by atoms with van der Waals surface area (Å²) in [7, 11) is 2.06. The minimum Gasteiger partial charge on any atom is -0.369 e. The lowest BCUT2D eigenvalue weighted by Gasteiger charge is -2.32. The zero-order valence-electron chi connectivity index (χ0n) is 18.8. The molecule has 10 nitrogen and oxygen atoms in total. The molecule has 2 aliphatic rings. The SMILES string of the molecule is CN1CCN(C(=O)Nc2ccc3cnc(Nc4ccc(N5CCNCC5)cc4)nc3n2)CC1. The Balaban J connectivity index is 1.26. The average molecular weight is 448 g/mol. The third kappa shape index (κ3) is 5.12. The van der Waals surface area contributed by atoms with Crippen LogP contribution in [0.3, 0.4) is 0 Å². The number of amides is 2. The fourth-order valence-corrected chi connectivity index (χ4v) is 4.05. The van der Waals surface area contributed by atoms with E-state index in [4.69, 9.17) is 0 Å². The van der Waals surface area contributed by atoms with Gasteiger partial charge in [-0.05, 0) is 43.4 Å². The van der Waals surface area contributed by atoms with Crippen LogP contribution in [0.25, 0.3) is 11.0 Å². The van der Waals surface area contributed by atoms with Crippen LogP contribution in [0.2, 0.25) is 0 Å². The standard InChI is InChI=1S/C23H29N9O/c1-30-12-14-32(15-13-30)23(33)28-20-7-2-17-16-25-22(29-21(17)27-20)26-18-3-5-19(6-4-18)31-10-8-24-9-11-31/h2-7,16,24H,8-15H2,1H3,(H2,25,26,27,28,29,33). The van der Waals surface area contributed by atoms with Gasteiger partial charge in [0.05, 0.1) is 0 Å². The van der Waals surface area contributed by atoms with Crippen LogP contribution in [0.1, 0.15) is 0 Å². The van der Waals surface area contributed by atoms with Gasteiger partial charge in [-0.1, -0.05) is 0 Å². The number of likely N-dealkylation sites (N-methyl/N-ethyl adjacent to an activating group) is 1. The molecule has 0 unspecified atom stereocenters. The third-order valence-corrected chi connectivity index (χ3v) is 6.07.